The van der Waals surface area contributed by atoms with Gasteiger partial charge in [0.05, 0.1) is 11.3 Å². The highest BCUT2D eigenvalue weighted by atomic mass is 16.1. The zero-order valence-electron chi connectivity index (χ0n) is 13.7. The SMILES string of the molecule is Cc1cccc(C(=O)c2cccc(C(N)=O)c2N2CCNCC2)c1. The van der Waals surface area contributed by atoms with Crippen LogP contribution in [0.5, 0.6) is 0 Å². The minimum atomic E-state index is -0.512. The van der Waals surface area contributed by atoms with Gasteiger partial charge < -0.3 is 16.0 Å². The molecule has 5 heteroatoms. The fourth-order valence-corrected chi connectivity index (χ4v) is 3.10. The molecule has 0 aromatic heterocycles. The van der Waals surface area contributed by atoms with Crippen molar-refractivity contribution in [3.05, 3.63) is 64.7 Å². The molecule has 2 aromatic rings. The molecule has 0 spiro atoms. The first-order valence-corrected chi connectivity index (χ1v) is 8.08. The van der Waals surface area contributed by atoms with E-state index in [4.69, 9.17) is 5.73 Å². The number of carbonyl (C=O) groups excluding carboxylic acids is 2. The summed E-state index contributed by atoms with van der Waals surface area (Å²) in [5.74, 6) is -0.599. The van der Waals surface area contributed by atoms with Crippen LogP contribution in [0.3, 0.4) is 0 Å². The number of piperazine rings is 1. The van der Waals surface area contributed by atoms with E-state index in [9.17, 15) is 9.59 Å². The van der Waals surface area contributed by atoms with Crippen molar-refractivity contribution in [1.82, 2.24) is 5.32 Å². The van der Waals surface area contributed by atoms with Crippen molar-refractivity contribution in [1.29, 1.82) is 0 Å². The Morgan fingerprint density at radius 1 is 1.04 bits per heavy atom. The molecule has 0 aliphatic carbocycles. The molecule has 3 N–H and O–H groups in total. The van der Waals surface area contributed by atoms with Gasteiger partial charge in [-0.1, -0.05) is 29.8 Å². The van der Waals surface area contributed by atoms with E-state index >= 15 is 0 Å². The van der Waals surface area contributed by atoms with Gasteiger partial charge in [0.25, 0.3) is 5.91 Å². The monoisotopic (exact) mass is 323 g/mol. The molecule has 1 saturated heterocycles. The predicted octanol–water partition coefficient (Wildman–Crippen LogP) is 1.73. The third kappa shape index (κ3) is 3.16. The number of primary amides is 1. The molecule has 2 aromatic carbocycles. The van der Waals surface area contributed by atoms with Crippen molar-refractivity contribution in [2.24, 2.45) is 5.73 Å². The van der Waals surface area contributed by atoms with Crippen molar-refractivity contribution < 1.29 is 9.59 Å². The maximum Gasteiger partial charge on any atom is 0.250 e. The van der Waals surface area contributed by atoms with Crippen LogP contribution in [0.25, 0.3) is 0 Å². The van der Waals surface area contributed by atoms with E-state index in [1.165, 1.54) is 0 Å². The van der Waals surface area contributed by atoms with Crippen molar-refractivity contribution in [3.63, 3.8) is 0 Å². The van der Waals surface area contributed by atoms with Crippen molar-refractivity contribution >= 4 is 17.4 Å². The second-order valence-electron chi connectivity index (χ2n) is 6.00. The number of nitrogens with one attached hydrogen (secondary N) is 1. The fraction of sp³-hybridized carbons (Fsp3) is 0.263. The van der Waals surface area contributed by atoms with E-state index in [0.717, 1.165) is 31.7 Å². The van der Waals surface area contributed by atoms with Crippen LogP contribution in [0, 0.1) is 6.92 Å². The molecular formula is C19H21N3O2. The Hall–Kier alpha value is -2.66. The summed E-state index contributed by atoms with van der Waals surface area (Å²) >= 11 is 0. The first-order chi connectivity index (χ1) is 11.6. The van der Waals surface area contributed by atoms with Gasteiger partial charge >= 0.3 is 0 Å². The Morgan fingerprint density at radius 2 is 1.71 bits per heavy atom. The normalized spacial score (nSPS) is 14.5. The highest BCUT2D eigenvalue weighted by molar-refractivity contribution is 6.15. The third-order valence-corrected chi connectivity index (χ3v) is 4.26. The van der Waals surface area contributed by atoms with Crippen LogP contribution < -0.4 is 16.0 Å². The molecule has 5 nitrogen and oxygen atoms in total. The van der Waals surface area contributed by atoms with Crippen LogP contribution in [0.4, 0.5) is 5.69 Å². The number of aryl methyl sites for hydroxylation is 1. The molecule has 1 aliphatic rings. The molecule has 24 heavy (non-hydrogen) atoms. The summed E-state index contributed by atoms with van der Waals surface area (Å²) < 4.78 is 0. The Labute approximate surface area is 141 Å². The van der Waals surface area contributed by atoms with Crippen molar-refractivity contribution in [3.8, 4) is 0 Å². The number of para-hydroxylation sites is 1. The van der Waals surface area contributed by atoms with Crippen LogP contribution in [0.15, 0.2) is 42.5 Å². The number of carbonyl (C=O) groups is 2. The van der Waals surface area contributed by atoms with E-state index in [1.54, 1.807) is 24.3 Å². The maximum absolute atomic E-state index is 13.0. The summed E-state index contributed by atoms with van der Waals surface area (Å²) in [5.41, 5.74) is 8.78. The lowest BCUT2D eigenvalue weighted by Gasteiger charge is -2.32. The van der Waals surface area contributed by atoms with Gasteiger partial charge in [0.15, 0.2) is 5.78 Å². The number of nitrogens with zero attached hydrogens (tertiary/aromatic N) is 1. The second kappa shape index (κ2) is 6.84. The number of rotatable bonds is 4. The predicted molar refractivity (Wildman–Crippen MR) is 94.7 cm³/mol. The average molecular weight is 323 g/mol. The molecule has 1 fully saturated rings. The van der Waals surface area contributed by atoms with Gasteiger partial charge in [-0.3, -0.25) is 9.59 Å². The minimum absolute atomic E-state index is 0.0877. The molecule has 0 saturated carbocycles. The molecule has 1 heterocycles. The number of nitrogens with two attached hydrogens (primary N) is 1. The number of hydrogen-bond donors (Lipinski definition) is 2. The lowest BCUT2D eigenvalue weighted by molar-refractivity contribution is 0.100. The van der Waals surface area contributed by atoms with Gasteiger partial charge in [0.2, 0.25) is 0 Å². The van der Waals surface area contributed by atoms with E-state index in [2.05, 4.69) is 10.2 Å². The highest BCUT2D eigenvalue weighted by Gasteiger charge is 2.24. The van der Waals surface area contributed by atoms with Crippen LogP contribution >= 0.6 is 0 Å². The molecule has 3 rings (SSSR count). The fourth-order valence-electron chi connectivity index (χ4n) is 3.10. The van der Waals surface area contributed by atoms with E-state index < -0.39 is 5.91 Å². The van der Waals surface area contributed by atoms with Crippen LogP contribution in [0.2, 0.25) is 0 Å². The maximum atomic E-state index is 13.0. The number of anilines is 1. The average Bonchev–Trinajstić information content (AvgIpc) is 2.61. The Balaban J connectivity index is 2.11. The quantitative estimate of drug-likeness (QED) is 0.840. The lowest BCUT2D eigenvalue weighted by atomic mass is 9.96. The topological polar surface area (TPSA) is 75.4 Å². The molecule has 1 aliphatic heterocycles. The van der Waals surface area contributed by atoms with Gasteiger partial charge in [-0.25, -0.2) is 0 Å². The van der Waals surface area contributed by atoms with Crippen molar-refractivity contribution in [2.75, 3.05) is 31.1 Å². The lowest BCUT2D eigenvalue weighted by Crippen LogP contribution is -2.44. The standard InChI is InChI=1S/C19H21N3O2/c1-13-4-2-5-14(12-13)18(23)15-6-3-7-16(19(20)24)17(15)22-10-8-21-9-11-22/h2-7,12,21H,8-11H2,1H3,(H2,20,24). The number of amides is 1. The molecule has 1 amide bonds. The number of ketones is 1. The minimum Gasteiger partial charge on any atom is -0.368 e. The van der Waals surface area contributed by atoms with Crippen molar-refractivity contribution in [2.45, 2.75) is 6.92 Å². The van der Waals surface area contributed by atoms with E-state index in [0.29, 0.717) is 22.4 Å². The van der Waals surface area contributed by atoms with Gasteiger partial charge in [0.1, 0.15) is 0 Å². The van der Waals surface area contributed by atoms with E-state index in [-0.39, 0.29) is 5.78 Å². The largest absolute Gasteiger partial charge is 0.368 e. The van der Waals surface area contributed by atoms with Crippen LogP contribution in [-0.2, 0) is 0 Å². The third-order valence-electron chi connectivity index (χ3n) is 4.26. The summed E-state index contributed by atoms with van der Waals surface area (Å²) in [6, 6.07) is 12.7. The Kier molecular flexibility index (Phi) is 4.62. The molecule has 0 bridgehead atoms. The molecule has 0 unspecified atom stereocenters. The Bertz CT molecular complexity index is 780. The first kappa shape index (κ1) is 16.2. The van der Waals surface area contributed by atoms with Gasteiger partial charge in [-0.05, 0) is 25.1 Å². The molecule has 0 atom stereocenters. The second-order valence-corrected chi connectivity index (χ2v) is 6.00. The highest BCUT2D eigenvalue weighted by Crippen LogP contribution is 2.28. The Morgan fingerprint density at radius 3 is 2.38 bits per heavy atom. The van der Waals surface area contributed by atoms with Gasteiger partial charge in [-0.15, -0.1) is 0 Å². The number of hydrogen-bond acceptors (Lipinski definition) is 4. The smallest absolute Gasteiger partial charge is 0.250 e. The van der Waals surface area contributed by atoms with Gasteiger partial charge in [-0.2, -0.15) is 0 Å². The first-order valence-electron chi connectivity index (χ1n) is 8.08. The molecule has 0 radical (unpaired) electrons. The summed E-state index contributed by atoms with van der Waals surface area (Å²) in [5, 5.41) is 3.28. The van der Waals surface area contributed by atoms with Crippen LogP contribution in [0.1, 0.15) is 31.8 Å². The van der Waals surface area contributed by atoms with Crippen LogP contribution in [-0.4, -0.2) is 37.9 Å². The van der Waals surface area contributed by atoms with Gasteiger partial charge in [0, 0.05) is 37.3 Å². The molecule has 124 valence electrons. The molecular weight excluding hydrogens is 302 g/mol. The summed E-state index contributed by atoms with van der Waals surface area (Å²) in [6.45, 7) is 5.04. The summed E-state index contributed by atoms with van der Waals surface area (Å²) in [4.78, 5) is 27.0. The zero-order valence-corrected chi connectivity index (χ0v) is 13.7. The number of benzene rings is 2. The zero-order chi connectivity index (χ0) is 17.1. The summed E-state index contributed by atoms with van der Waals surface area (Å²) in [6.07, 6.45) is 0. The summed E-state index contributed by atoms with van der Waals surface area (Å²) in [7, 11) is 0. The van der Waals surface area contributed by atoms with E-state index in [1.807, 2.05) is 25.1 Å².